The first-order chi connectivity index (χ1) is 14.9. The summed E-state index contributed by atoms with van der Waals surface area (Å²) in [5.41, 5.74) is 4.42. The van der Waals surface area contributed by atoms with E-state index in [1.165, 1.54) is 0 Å². The number of aryl methyl sites for hydroxylation is 1. The van der Waals surface area contributed by atoms with Gasteiger partial charge in [0.05, 0.1) is 28.6 Å². The highest BCUT2D eigenvalue weighted by Crippen LogP contribution is 2.45. The lowest BCUT2D eigenvalue weighted by Gasteiger charge is -2.41. The fourth-order valence-electron chi connectivity index (χ4n) is 4.39. The zero-order chi connectivity index (χ0) is 21.8. The van der Waals surface area contributed by atoms with E-state index in [9.17, 15) is 15.0 Å². The molecule has 1 fully saturated rings. The Hall–Kier alpha value is -3.09. The van der Waals surface area contributed by atoms with Crippen molar-refractivity contribution >= 4 is 34.5 Å². The molecule has 0 unspecified atom stereocenters. The Balaban J connectivity index is 1.57. The number of aliphatic hydroxyl groups is 2. The standard InChI is InChI=1S/C24H21ClN2O4/c1-13-9-20(31-27-13)22(29)21-17-10-16(18(25)11-19(17)26-23(21)30)14-3-5-15(6-4-14)24(12-28)7-2-8-24/h3-6,9-11,28-29H,2,7-8,12H2,1H3,(H,26,30)/b22-21+. The van der Waals surface area contributed by atoms with Crippen molar-refractivity contribution in [3.63, 3.8) is 0 Å². The Kier molecular flexibility index (Phi) is 4.64. The van der Waals surface area contributed by atoms with Crippen molar-refractivity contribution in [3.05, 3.63) is 70.1 Å². The van der Waals surface area contributed by atoms with Crippen LogP contribution < -0.4 is 5.32 Å². The molecule has 0 saturated heterocycles. The summed E-state index contributed by atoms with van der Waals surface area (Å²) >= 11 is 6.53. The zero-order valence-corrected chi connectivity index (χ0v) is 17.7. The first kappa shape index (κ1) is 19.8. The van der Waals surface area contributed by atoms with E-state index in [0.29, 0.717) is 22.0 Å². The van der Waals surface area contributed by atoms with Crippen molar-refractivity contribution in [2.45, 2.75) is 31.6 Å². The van der Waals surface area contributed by atoms with Crippen molar-refractivity contribution in [1.82, 2.24) is 5.16 Å². The summed E-state index contributed by atoms with van der Waals surface area (Å²) in [6.07, 6.45) is 3.11. The Bertz CT molecular complexity index is 1220. The second kappa shape index (κ2) is 7.25. The van der Waals surface area contributed by atoms with Crippen molar-refractivity contribution < 1.29 is 19.5 Å². The van der Waals surface area contributed by atoms with Crippen LogP contribution in [-0.4, -0.2) is 27.9 Å². The molecular weight excluding hydrogens is 416 g/mol. The van der Waals surface area contributed by atoms with Crippen LogP contribution >= 0.6 is 11.6 Å². The third-order valence-electron chi connectivity index (χ3n) is 6.37. The van der Waals surface area contributed by atoms with Crippen molar-refractivity contribution in [2.75, 3.05) is 11.9 Å². The van der Waals surface area contributed by atoms with E-state index >= 15 is 0 Å². The quantitative estimate of drug-likeness (QED) is 0.391. The van der Waals surface area contributed by atoms with Gasteiger partial charge in [0, 0.05) is 22.6 Å². The lowest BCUT2D eigenvalue weighted by Crippen LogP contribution is -2.37. The van der Waals surface area contributed by atoms with E-state index in [0.717, 1.165) is 36.0 Å². The highest BCUT2D eigenvalue weighted by molar-refractivity contribution is 6.38. The van der Waals surface area contributed by atoms with Crippen LogP contribution in [0.15, 0.2) is 47.0 Å². The van der Waals surface area contributed by atoms with Crippen LogP contribution in [0.4, 0.5) is 5.69 Å². The van der Waals surface area contributed by atoms with Crippen molar-refractivity contribution in [2.24, 2.45) is 0 Å². The molecule has 1 aliphatic heterocycles. The number of carbonyl (C=O) groups excluding carboxylic acids is 1. The summed E-state index contributed by atoms with van der Waals surface area (Å²) in [4.78, 5) is 12.6. The van der Waals surface area contributed by atoms with Gasteiger partial charge in [-0.1, -0.05) is 47.4 Å². The molecule has 1 aromatic heterocycles. The summed E-state index contributed by atoms with van der Waals surface area (Å²) in [5, 5.41) is 27.5. The lowest BCUT2D eigenvalue weighted by atomic mass is 9.65. The number of hydrogen-bond acceptors (Lipinski definition) is 5. The fraction of sp³-hybridized carbons (Fsp3) is 0.250. The fourth-order valence-corrected chi connectivity index (χ4v) is 4.66. The predicted octanol–water partition coefficient (Wildman–Crippen LogP) is 5.10. The van der Waals surface area contributed by atoms with Gasteiger partial charge < -0.3 is 20.1 Å². The number of benzene rings is 2. The van der Waals surface area contributed by atoms with Crippen LogP contribution in [0.5, 0.6) is 0 Å². The van der Waals surface area contributed by atoms with Gasteiger partial charge >= 0.3 is 0 Å². The van der Waals surface area contributed by atoms with Gasteiger partial charge in [-0.3, -0.25) is 4.79 Å². The van der Waals surface area contributed by atoms with Gasteiger partial charge in [0.1, 0.15) is 0 Å². The monoisotopic (exact) mass is 436 g/mol. The Labute approximate surface area is 184 Å². The number of halogens is 1. The smallest absolute Gasteiger partial charge is 0.260 e. The molecule has 158 valence electrons. The summed E-state index contributed by atoms with van der Waals surface area (Å²) in [7, 11) is 0. The van der Waals surface area contributed by atoms with Gasteiger partial charge in [0.15, 0.2) is 5.76 Å². The van der Waals surface area contributed by atoms with E-state index in [2.05, 4.69) is 10.5 Å². The summed E-state index contributed by atoms with van der Waals surface area (Å²) in [5.74, 6) is -0.568. The van der Waals surface area contributed by atoms with Crippen molar-refractivity contribution in [3.8, 4) is 11.1 Å². The molecular formula is C24H21ClN2O4. The minimum Gasteiger partial charge on any atom is -0.504 e. The number of nitrogens with zero attached hydrogens (tertiary/aromatic N) is 1. The second-order valence-electron chi connectivity index (χ2n) is 8.26. The van der Waals surface area contributed by atoms with Crippen LogP contribution in [-0.2, 0) is 10.2 Å². The number of rotatable bonds is 4. The molecule has 1 amide bonds. The first-order valence-corrected chi connectivity index (χ1v) is 10.5. The number of amides is 1. The number of hydrogen-bond donors (Lipinski definition) is 3. The maximum absolute atomic E-state index is 12.6. The normalized spacial score (nSPS) is 18.4. The van der Waals surface area contributed by atoms with Gasteiger partial charge in [-0.15, -0.1) is 0 Å². The zero-order valence-electron chi connectivity index (χ0n) is 16.9. The van der Waals surface area contributed by atoms with Gasteiger partial charge in [-0.05, 0) is 43.0 Å². The number of aromatic nitrogens is 1. The van der Waals surface area contributed by atoms with Gasteiger partial charge in [0.2, 0.25) is 5.76 Å². The molecule has 3 aromatic rings. The van der Waals surface area contributed by atoms with Gasteiger partial charge in [-0.2, -0.15) is 0 Å². The molecule has 2 heterocycles. The summed E-state index contributed by atoms with van der Waals surface area (Å²) in [6.45, 7) is 1.88. The molecule has 2 aliphatic rings. The van der Waals surface area contributed by atoms with E-state index in [4.69, 9.17) is 16.1 Å². The molecule has 0 atom stereocenters. The lowest BCUT2D eigenvalue weighted by molar-refractivity contribution is -0.110. The van der Waals surface area contributed by atoms with Gasteiger partial charge in [0.25, 0.3) is 5.91 Å². The topological polar surface area (TPSA) is 95.6 Å². The average molecular weight is 437 g/mol. The summed E-state index contributed by atoms with van der Waals surface area (Å²) in [6, 6.07) is 13.1. The maximum atomic E-state index is 12.6. The van der Waals surface area contributed by atoms with Gasteiger partial charge in [-0.25, -0.2) is 0 Å². The van der Waals surface area contributed by atoms with Crippen LogP contribution in [0, 0.1) is 6.92 Å². The van der Waals surface area contributed by atoms with Crippen LogP contribution in [0.2, 0.25) is 5.02 Å². The molecule has 6 nitrogen and oxygen atoms in total. The van der Waals surface area contributed by atoms with E-state index < -0.39 is 5.91 Å². The number of anilines is 1. The molecule has 0 bridgehead atoms. The van der Waals surface area contributed by atoms with E-state index in [-0.39, 0.29) is 29.1 Å². The van der Waals surface area contributed by atoms with E-state index in [1.807, 2.05) is 24.3 Å². The first-order valence-electron chi connectivity index (χ1n) is 10.2. The highest BCUT2D eigenvalue weighted by atomic mass is 35.5. The second-order valence-corrected chi connectivity index (χ2v) is 8.66. The maximum Gasteiger partial charge on any atom is 0.260 e. The Morgan fingerprint density at radius 1 is 1.19 bits per heavy atom. The highest BCUT2D eigenvalue weighted by Gasteiger charge is 2.38. The number of fused-ring (bicyclic) bond motifs is 1. The molecule has 0 spiro atoms. The molecule has 31 heavy (non-hydrogen) atoms. The Morgan fingerprint density at radius 3 is 2.52 bits per heavy atom. The minimum absolute atomic E-state index is 0.120. The average Bonchev–Trinajstić information content (AvgIpc) is 3.29. The summed E-state index contributed by atoms with van der Waals surface area (Å²) < 4.78 is 5.13. The van der Waals surface area contributed by atoms with Crippen molar-refractivity contribution in [1.29, 1.82) is 0 Å². The molecule has 7 heteroatoms. The molecule has 0 radical (unpaired) electrons. The largest absolute Gasteiger partial charge is 0.504 e. The number of carbonyl (C=O) groups is 1. The molecule has 1 aliphatic carbocycles. The van der Waals surface area contributed by atoms with Crippen LogP contribution in [0.3, 0.4) is 0 Å². The van der Waals surface area contributed by atoms with E-state index in [1.54, 1.807) is 25.1 Å². The molecule has 2 aromatic carbocycles. The van der Waals surface area contributed by atoms with Crippen LogP contribution in [0.25, 0.3) is 22.5 Å². The van der Waals surface area contributed by atoms with Crippen LogP contribution in [0.1, 0.15) is 41.8 Å². The molecule has 5 rings (SSSR count). The predicted molar refractivity (Wildman–Crippen MR) is 119 cm³/mol. The number of nitrogens with one attached hydrogen (secondary N) is 1. The third kappa shape index (κ3) is 3.14. The minimum atomic E-state index is -0.431. The molecule has 3 N–H and O–H groups in total. The Morgan fingerprint density at radius 2 is 1.94 bits per heavy atom. The number of aliphatic hydroxyl groups excluding tert-OH is 2. The molecule has 1 saturated carbocycles. The SMILES string of the molecule is Cc1cc(/C(O)=C2\C(=O)Nc3cc(Cl)c(-c4ccc(C5(CO)CCC5)cc4)cc32)on1. The third-order valence-corrected chi connectivity index (χ3v) is 6.68.